The van der Waals surface area contributed by atoms with Crippen LogP contribution in [0.25, 0.3) is 0 Å². The maximum Gasteiger partial charge on any atom is 0.306 e. The summed E-state index contributed by atoms with van der Waals surface area (Å²) in [4.78, 5) is 45.4. The Bertz CT molecular complexity index is 496. The van der Waals surface area contributed by atoms with E-state index in [0.29, 0.717) is 0 Å². The summed E-state index contributed by atoms with van der Waals surface area (Å²) in [7, 11) is 0. The summed E-state index contributed by atoms with van der Waals surface area (Å²) in [6.45, 7) is 6.66. The third kappa shape index (κ3) is 5.54. The van der Waals surface area contributed by atoms with Gasteiger partial charge in [-0.05, 0) is 13.8 Å². The van der Waals surface area contributed by atoms with E-state index in [1.54, 1.807) is 13.8 Å². The minimum Gasteiger partial charge on any atom is -0.462 e. The van der Waals surface area contributed by atoms with Crippen molar-refractivity contribution in [2.75, 3.05) is 6.61 Å². The minimum atomic E-state index is -1.03. The second kappa shape index (κ2) is 7.43. The van der Waals surface area contributed by atoms with Crippen molar-refractivity contribution in [1.29, 1.82) is 0 Å². The highest BCUT2D eigenvalue weighted by atomic mass is 16.6. The zero-order chi connectivity index (χ0) is 17.8. The van der Waals surface area contributed by atoms with Crippen molar-refractivity contribution in [2.24, 2.45) is 5.92 Å². The van der Waals surface area contributed by atoms with Crippen LogP contribution >= 0.6 is 0 Å². The van der Waals surface area contributed by atoms with Gasteiger partial charge in [-0.2, -0.15) is 0 Å². The van der Waals surface area contributed by atoms with Gasteiger partial charge in [-0.1, -0.05) is 0 Å². The summed E-state index contributed by atoms with van der Waals surface area (Å²) in [6.07, 6.45) is -2.00. The van der Waals surface area contributed by atoms with Crippen LogP contribution < -0.4 is 0 Å². The average molecular weight is 330 g/mol. The zero-order valence-electron chi connectivity index (χ0n) is 13.9. The molecule has 0 spiro atoms. The van der Waals surface area contributed by atoms with Crippen LogP contribution in [-0.2, 0) is 38.1 Å². The molecule has 1 heterocycles. The Morgan fingerprint density at radius 1 is 1.13 bits per heavy atom. The van der Waals surface area contributed by atoms with Crippen molar-refractivity contribution in [3.63, 3.8) is 0 Å². The molecule has 0 aliphatic carbocycles. The minimum absolute atomic E-state index is 0.00276. The van der Waals surface area contributed by atoms with Gasteiger partial charge in [0, 0.05) is 26.7 Å². The van der Waals surface area contributed by atoms with Gasteiger partial charge in [0.05, 0.1) is 6.42 Å². The quantitative estimate of drug-likeness (QED) is 0.519. The van der Waals surface area contributed by atoms with E-state index in [1.807, 2.05) is 0 Å². The molecule has 8 heteroatoms. The fourth-order valence-electron chi connectivity index (χ4n) is 2.57. The van der Waals surface area contributed by atoms with Gasteiger partial charge in [0.25, 0.3) is 0 Å². The lowest BCUT2D eigenvalue weighted by atomic mass is 9.83. The van der Waals surface area contributed by atoms with Crippen LogP contribution in [0, 0.1) is 5.92 Å². The standard InChI is InChI=1S/C15H22O8/c1-8(16)20-7-12(21-9(2)17)14(22-10(3)18)11-6-13(19)23-15(11,4)5/h11-12,14H,6-7H2,1-5H3/t11-,12-,14+/m1/s1. The van der Waals surface area contributed by atoms with Crippen molar-refractivity contribution in [3.05, 3.63) is 0 Å². The van der Waals surface area contributed by atoms with E-state index in [2.05, 4.69) is 0 Å². The molecule has 3 atom stereocenters. The molecular formula is C15H22O8. The van der Waals surface area contributed by atoms with Crippen molar-refractivity contribution in [1.82, 2.24) is 0 Å². The summed E-state index contributed by atoms with van der Waals surface area (Å²) in [5.41, 5.74) is -0.911. The van der Waals surface area contributed by atoms with Crippen molar-refractivity contribution < 1.29 is 38.1 Å². The highest BCUT2D eigenvalue weighted by molar-refractivity contribution is 5.73. The normalized spacial score (nSPS) is 21.8. The number of hydrogen-bond donors (Lipinski definition) is 0. The molecule has 1 aliphatic heterocycles. The number of ether oxygens (including phenoxy) is 4. The Balaban J connectivity index is 3.07. The lowest BCUT2D eigenvalue weighted by molar-refractivity contribution is -0.182. The lowest BCUT2D eigenvalue weighted by Crippen LogP contribution is -2.48. The van der Waals surface area contributed by atoms with Crippen molar-refractivity contribution in [3.8, 4) is 0 Å². The van der Waals surface area contributed by atoms with Gasteiger partial charge in [0.15, 0.2) is 6.10 Å². The fraction of sp³-hybridized carbons (Fsp3) is 0.733. The molecule has 0 radical (unpaired) electrons. The molecule has 1 aliphatic rings. The van der Waals surface area contributed by atoms with Crippen LogP contribution in [0.5, 0.6) is 0 Å². The number of carbonyl (C=O) groups is 4. The Hall–Kier alpha value is -2.12. The molecule has 8 nitrogen and oxygen atoms in total. The largest absolute Gasteiger partial charge is 0.462 e. The summed E-state index contributed by atoms with van der Waals surface area (Å²) >= 11 is 0. The highest BCUT2D eigenvalue weighted by Crippen LogP contribution is 2.38. The van der Waals surface area contributed by atoms with Crippen LogP contribution in [-0.4, -0.2) is 48.3 Å². The molecule has 1 saturated heterocycles. The van der Waals surface area contributed by atoms with E-state index in [0.717, 1.165) is 0 Å². The predicted octanol–water partition coefficient (Wildman–Crippen LogP) is 0.755. The maximum atomic E-state index is 11.6. The number of hydrogen-bond acceptors (Lipinski definition) is 8. The number of cyclic esters (lactones) is 1. The second-order valence-corrected chi connectivity index (χ2v) is 5.91. The van der Waals surface area contributed by atoms with Crippen LogP contribution in [0.2, 0.25) is 0 Å². The molecule has 0 unspecified atom stereocenters. The molecule has 0 aromatic carbocycles. The molecule has 0 aromatic heterocycles. The number of esters is 4. The molecule has 23 heavy (non-hydrogen) atoms. The average Bonchev–Trinajstić information content (AvgIpc) is 2.64. The van der Waals surface area contributed by atoms with Crippen molar-refractivity contribution in [2.45, 2.75) is 58.8 Å². The van der Waals surface area contributed by atoms with Gasteiger partial charge in [0.2, 0.25) is 0 Å². The van der Waals surface area contributed by atoms with E-state index in [-0.39, 0.29) is 13.0 Å². The van der Waals surface area contributed by atoms with Crippen molar-refractivity contribution >= 4 is 23.9 Å². The Morgan fingerprint density at radius 2 is 1.70 bits per heavy atom. The maximum absolute atomic E-state index is 11.6. The summed E-state index contributed by atoms with van der Waals surface area (Å²) in [5, 5.41) is 0. The van der Waals surface area contributed by atoms with Crippen LogP contribution in [0.4, 0.5) is 0 Å². The highest BCUT2D eigenvalue weighted by Gasteiger charge is 2.51. The molecule has 0 saturated carbocycles. The van der Waals surface area contributed by atoms with E-state index >= 15 is 0 Å². The first kappa shape index (κ1) is 18.9. The van der Waals surface area contributed by atoms with Gasteiger partial charge in [-0.25, -0.2) is 0 Å². The first-order valence-corrected chi connectivity index (χ1v) is 7.22. The number of rotatable bonds is 6. The smallest absolute Gasteiger partial charge is 0.306 e. The van der Waals surface area contributed by atoms with Crippen LogP contribution in [0.3, 0.4) is 0 Å². The summed E-state index contributed by atoms with van der Waals surface area (Å²) < 4.78 is 20.5. The van der Waals surface area contributed by atoms with E-state index in [1.165, 1.54) is 20.8 Å². The molecule has 1 rings (SSSR count). The monoisotopic (exact) mass is 330 g/mol. The fourth-order valence-corrected chi connectivity index (χ4v) is 2.57. The van der Waals surface area contributed by atoms with Gasteiger partial charge < -0.3 is 18.9 Å². The molecule has 0 bridgehead atoms. The van der Waals surface area contributed by atoms with Gasteiger partial charge in [0.1, 0.15) is 18.3 Å². The molecular weight excluding hydrogens is 308 g/mol. The topological polar surface area (TPSA) is 105 Å². The number of carbonyl (C=O) groups excluding carboxylic acids is 4. The molecule has 1 fully saturated rings. The SMILES string of the molecule is CC(=O)OC[C@@H](OC(C)=O)[C@@H](OC(C)=O)[C@H]1CC(=O)OC1(C)C. The lowest BCUT2D eigenvalue weighted by Gasteiger charge is -2.35. The molecule has 0 amide bonds. The predicted molar refractivity (Wildman–Crippen MR) is 76.0 cm³/mol. The van der Waals surface area contributed by atoms with Gasteiger partial charge in [-0.3, -0.25) is 19.2 Å². The molecule has 0 aromatic rings. The zero-order valence-corrected chi connectivity index (χ0v) is 13.9. The second-order valence-electron chi connectivity index (χ2n) is 5.91. The van der Waals surface area contributed by atoms with E-state index in [9.17, 15) is 19.2 Å². The summed E-state index contributed by atoms with van der Waals surface area (Å²) in [6, 6.07) is 0. The van der Waals surface area contributed by atoms with Gasteiger partial charge >= 0.3 is 23.9 Å². The van der Waals surface area contributed by atoms with Crippen LogP contribution in [0.1, 0.15) is 41.0 Å². The Kier molecular flexibility index (Phi) is 6.12. The van der Waals surface area contributed by atoms with E-state index < -0.39 is 47.6 Å². The van der Waals surface area contributed by atoms with E-state index in [4.69, 9.17) is 18.9 Å². The Morgan fingerprint density at radius 3 is 2.09 bits per heavy atom. The first-order chi connectivity index (χ1) is 10.5. The van der Waals surface area contributed by atoms with Crippen LogP contribution in [0.15, 0.2) is 0 Å². The molecule has 0 N–H and O–H groups in total. The Labute approximate surface area is 134 Å². The molecule has 130 valence electrons. The summed E-state index contributed by atoms with van der Waals surface area (Å²) in [5.74, 6) is -2.78. The third-order valence-electron chi connectivity index (χ3n) is 3.49. The van der Waals surface area contributed by atoms with Gasteiger partial charge in [-0.15, -0.1) is 0 Å². The first-order valence-electron chi connectivity index (χ1n) is 7.22. The third-order valence-corrected chi connectivity index (χ3v) is 3.49.